The summed E-state index contributed by atoms with van der Waals surface area (Å²) >= 11 is 5.72. The van der Waals surface area contributed by atoms with Gasteiger partial charge in [0.2, 0.25) is 0 Å². The average molecular weight is 352 g/mol. The van der Waals surface area contributed by atoms with Crippen LogP contribution in [0.2, 0.25) is 5.02 Å². The Hall–Kier alpha value is -2.60. The predicted octanol–water partition coefficient (Wildman–Crippen LogP) is 4.09. The van der Waals surface area contributed by atoms with E-state index in [0.29, 0.717) is 17.0 Å². The smallest absolute Gasteiger partial charge is 0.344 e. The molecule has 0 radical (unpaired) electrons. The van der Waals surface area contributed by atoms with Gasteiger partial charge in [-0.3, -0.25) is 4.99 Å². The van der Waals surface area contributed by atoms with E-state index >= 15 is 0 Å². The van der Waals surface area contributed by atoms with Crippen LogP contribution in [-0.4, -0.2) is 30.5 Å². The summed E-state index contributed by atoms with van der Waals surface area (Å²) in [7, 11) is 1.45. The standard InChI is InChI=1S/C17H15ClFNO4/c1-10(17(21)22)24-16-11(4-3-5-15(16)23-2)9-20-12-6-7-14(19)13(18)8-12/h3-10H,1-2H3,(H,21,22)/t10-/m0/s1. The van der Waals surface area contributed by atoms with Crippen LogP contribution in [-0.2, 0) is 4.79 Å². The lowest BCUT2D eigenvalue weighted by atomic mass is 10.2. The highest BCUT2D eigenvalue weighted by atomic mass is 35.5. The molecule has 0 bridgehead atoms. The minimum Gasteiger partial charge on any atom is -0.493 e. The normalized spacial score (nSPS) is 12.2. The maximum atomic E-state index is 13.2. The molecule has 0 aliphatic carbocycles. The first-order chi connectivity index (χ1) is 11.4. The van der Waals surface area contributed by atoms with Gasteiger partial charge in [-0.05, 0) is 37.3 Å². The third kappa shape index (κ3) is 4.23. The van der Waals surface area contributed by atoms with Gasteiger partial charge in [0, 0.05) is 11.8 Å². The molecule has 0 aromatic heterocycles. The Morgan fingerprint density at radius 2 is 2.12 bits per heavy atom. The zero-order valence-corrected chi connectivity index (χ0v) is 13.7. The van der Waals surface area contributed by atoms with Crippen LogP contribution < -0.4 is 9.47 Å². The van der Waals surface area contributed by atoms with E-state index in [2.05, 4.69) is 4.99 Å². The van der Waals surface area contributed by atoms with E-state index in [1.54, 1.807) is 18.2 Å². The first-order valence-electron chi connectivity index (χ1n) is 6.98. The third-order valence-electron chi connectivity index (χ3n) is 3.13. The topological polar surface area (TPSA) is 68.1 Å². The molecule has 2 aromatic carbocycles. The number of nitrogens with zero attached hydrogens (tertiary/aromatic N) is 1. The van der Waals surface area contributed by atoms with Gasteiger partial charge in [-0.25, -0.2) is 9.18 Å². The van der Waals surface area contributed by atoms with Crippen LogP contribution in [0, 0.1) is 5.82 Å². The van der Waals surface area contributed by atoms with Crippen molar-refractivity contribution in [2.75, 3.05) is 7.11 Å². The quantitative estimate of drug-likeness (QED) is 0.796. The highest BCUT2D eigenvalue weighted by molar-refractivity contribution is 6.31. The van der Waals surface area contributed by atoms with Crippen LogP contribution in [0.1, 0.15) is 12.5 Å². The van der Waals surface area contributed by atoms with Crippen LogP contribution >= 0.6 is 11.6 Å². The molecule has 0 amide bonds. The summed E-state index contributed by atoms with van der Waals surface area (Å²) in [5.41, 5.74) is 0.962. The molecule has 0 fully saturated rings. The van der Waals surface area contributed by atoms with E-state index < -0.39 is 17.9 Å². The molecule has 126 valence electrons. The Balaban J connectivity index is 2.36. The van der Waals surface area contributed by atoms with Crippen LogP contribution in [0.4, 0.5) is 10.1 Å². The van der Waals surface area contributed by atoms with Gasteiger partial charge in [0.25, 0.3) is 0 Å². The number of aliphatic imine (C=N–C) groups is 1. The Labute approximate surface area is 143 Å². The number of hydrogen-bond acceptors (Lipinski definition) is 4. The summed E-state index contributed by atoms with van der Waals surface area (Å²) < 4.78 is 23.8. The van der Waals surface area contributed by atoms with Crippen LogP contribution in [0.25, 0.3) is 0 Å². The van der Waals surface area contributed by atoms with Gasteiger partial charge >= 0.3 is 5.97 Å². The van der Waals surface area contributed by atoms with E-state index in [0.717, 1.165) is 0 Å². The molecule has 0 saturated heterocycles. The second-order valence-electron chi connectivity index (χ2n) is 4.83. The zero-order chi connectivity index (χ0) is 17.7. The van der Waals surface area contributed by atoms with Crippen molar-refractivity contribution in [2.45, 2.75) is 13.0 Å². The minimum absolute atomic E-state index is 0.0359. The molecular formula is C17H15ClFNO4. The molecule has 0 spiro atoms. The van der Waals surface area contributed by atoms with Gasteiger partial charge in [-0.2, -0.15) is 0 Å². The maximum absolute atomic E-state index is 13.2. The number of carboxylic acids is 1. The second-order valence-corrected chi connectivity index (χ2v) is 5.24. The highest BCUT2D eigenvalue weighted by Crippen LogP contribution is 2.31. The highest BCUT2D eigenvalue weighted by Gasteiger charge is 2.17. The first kappa shape index (κ1) is 17.7. The number of benzene rings is 2. The number of methoxy groups -OCH3 is 1. The van der Waals surface area contributed by atoms with Gasteiger partial charge < -0.3 is 14.6 Å². The fourth-order valence-corrected chi connectivity index (χ4v) is 2.03. The summed E-state index contributed by atoms with van der Waals surface area (Å²) in [4.78, 5) is 15.2. The molecule has 0 aliphatic heterocycles. The van der Waals surface area contributed by atoms with Gasteiger partial charge in [0.05, 0.1) is 17.8 Å². The van der Waals surface area contributed by atoms with Crippen LogP contribution in [0.3, 0.4) is 0 Å². The average Bonchev–Trinajstić information content (AvgIpc) is 2.56. The van der Waals surface area contributed by atoms with Crippen molar-refractivity contribution in [3.63, 3.8) is 0 Å². The molecule has 5 nitrogen and oxygen atoms in total. The number of hydrogen-bond donors (Lipinski definition) is 1. The number of carboxylic acid groups (broad SMARTS) is 1. The van der Waals surface area contributed by atoms with Crippen molar-refractivity contribution < 1.29 is 23.8 Å². The molecular weight excluding hydrogens is 337 g/mol. The number of ether oxygens (including phenoxy) is 2. The Morgan fingerprint density at radius 3 is 2.75 bits per heavy atom. The van der Waals surface area contributed by atoms with E-state index in [1.165, 1.54) is 38.4 Å². The molecule has 2 aromatic rings. The Bertz CT molecular complexity index is 779. The van der Waals surface area contributed by atoms with Gasteiger partial charge in [-0.1, -0.05) is 17.7 Å². The maximum Gasteiger partial charge on any atom is 0.344 e. The van der Waals surface area contributed by atoms with Crippen molar-refractivity contribution in [1.82, 2.24) is 0 Å². The zero-order valence-electron chi connectivity index (χ0n) is 13.0. The third-order valence-corrected chi connectivity index (χ3v) is 3.42. The molecule has 24 heavy (non-hydrogen) atoms. The molecule has 0 saturated carbocycles. The SMILES string of the molecule is COc1cccc(C=Nc2ccc(F)c(Cl)c2)c1O[C@@H](C)C(=O)O. The first-order valence-corrected chi connectivity index (χ1v) is 7.35. The van der Waals surface area contributed by atoms with E-state index in [-0.39, 0.29) is 10.8 Å². The molecule has 7 heteroatoms. The van der Waals surface area contributed by atoms with Crippen molar-refractivity contribution in [3.8, 4) is 11.5 Å². The van der Waals surface area contributed by atoms with E-state index in [9.17, 15) is 9.18 Å². The minimum atomic E-state index is -1.10. The van der Waals surface area contributed by atoms with Crippen LogP contribution in [0.15, 0.2) is 41.4 Å². The number of aliphatic carboxylic acids is 1. The molecule has 1 N–H and O–H groups in total. The lowest BCUT2D eigenvalue weighted by Gasteiger charge is -2.15. The number of halogens is 2. The lowest BCUT2D eigenvalue weighted by molar-refractivity contribution is -0.144. The summed E-state index contributed by atoms with van der Waals surface area (Å²) in [6, 6.07) is 9.13. The van der Waals surface area contributed by atoms with Crippen molar-refractivity contribution in [2.24, 2.45) is 4.99 Å². The fraction of sp³-hybridized carbons (Fsp3) is 0.176. The molecule has 0 unspecified atom stereocenters. The molecule has 2 rings (SSSR count). The Morgan fingerprint density at radius 1 is 1.38 bits per heavy atom. The molecule has 0 heterocycles. The monoisotopic (exact) mass is 351 g/mol. The predicted molar refractivity (Wildman–Crippen MR) is 89.4 cm³/mol. The van der Waals surface area contributed by atoms with Crippen LogP contribution in [0.5, 0.6) is 11.5 Å². The number of carbonyl (C=O) groups is 1. The largest absolute Gasteiger partial charge is 0.493 e. The summed E-state index contributed by atoms with van der Waals surface area (Å²) in [6.07, 6.45) is 0.407. The molecule has 0 aliphatic rings. The van der Waals surface area contributed by atoms with Gasteiger partial charge in [-0.15, -0.1) is 0 Å². The number of para-hydroxylation sites is 1. The fourth-order valence-electron chi connectivity index (χ4n) is 1.86. The molecule has 1 atom stereocenters. The van der Waals surface area contributed by atoms with Crippen molar-refractivity contribution in [3.05, 3.63) is 52.8 Å². The number of rotatable bonds is 6. The van der Waals surface area contributed by atoms with E-state index in [1.807, 2.05) is 0 Å². The van der Waals surface area contributed by atoms with Crippen molar-refractivity contribution in [1.29, 1.82) is 0 Å². The Kier molecular flexibility index (Phi) is 5.76. The second kappa shape index (κ2) is 7.79. The van der Waals surface area contributed by atoms with Gasteiger partial charge in [0.15, 0.2) is 17.6 Å². The van der Waals surface area contributed by atoms with E-state index in [4.69, 9.17) is 26.2 Å². The lowest BCUT2D eigenvalue weighted by Crippen LogP contribution is -2.23. The summed E-state index contributed by atoms with van der Waals surface area (Å²) in [5, 5.41) is 8.98. The summed E-state index contributed by atoms with van der Waals surface area (Å²) in [6.45, 7) is 1.41. The van der Waals surface area contributed by atoms with Crippen molar-refractivity contribution >= 4 is 29.5 Å². The summed E-state index contributed by atoms with van der Waals surface area (Å²) in [5.74, 6) is -0.999. The van der Waals surface area contributed by atoms with Gasteiger partial charge in [0.1, 0.15) is 5.82 Å².